The van der Waals surface area contributed by atoms with Crippen LogP contribution in [-0.4, -0.2) is 11.5 Å². The van der Waals surface area contributed by atoms with E-state index >= 15 is 0 Å². The minimum absolute atomic E-state index is 0.0667. The first-order valence-electron chi connectivity index (χ1n) is 6.19. The van der Waals surface area contributed by atoms with Crippen LogP contribution in [0, 0.1) is 18.6 Å². The molecule has 1 aromatic carbocycles. The fourth-order valence-corrected chi connectivity index (χ4v) is 1.91. The molecule has 100 valence electrons. The van der Waals surface area contributed by atoms with Crippen LogP contribution in [0.1, 0.15) is 24.1 Å². The maximum absolute atomic E-state index is 13.6. The zero-order chi connectivity index (χ0) is 13.8. The predicted molar refractivity (Wildman–Crippen MR) is 72.2 cm³/mol. The zero-order valence-electron chi connectivity index (χ0n) is 11.0. The Balaban J connectivity index is 2.03. The van der Waals surface area contributed by atoms with Gasteiger partial charge in [0.05, 0.1) is 0 Å². The second-order valence-corrected chi connectivity index (χ2v) is 4.61. The maximum atomic E-state index is 13.6. The Morgan fingerprint density at radius 2 is 2.00 bits per heavy atom. The van der Waals surface area contributed by atoms with Crippen molar-refractivity contribution in [2.75, 3.05) is 11.9 Å². The van der Waals surface area contributed by atoms with Crippen molar-refractivity contribution in [1.29, 1.82) is 0 Å². The molecule has 2 aromatic rings. The Hall–Kier alpha value is -1.97. The van der Waals surface area contributed by atoms with E-state index in [-0.39, 0.29) is 5.92 Å². The molecule has 1 atom stereocenters. The van der Waals surface area contributed by atoms with E-state index in [9.17, 15) is 8.78 Å². The van der Waals surface area contributed by atoms with Gasteiger partial charge >= 0.3 is 0 Å². The van der Waals surface area contributed by atoms with Gasteiger partial charge in [-0.3, -0.25) is 0 Å². The van der Waals surface area contributed by atoms with Gasteiger partial charge in [-0.25, -0.2) is 13.8 Å². The Kier molecular flexibility index (Phi) is 4.10. The molecule has 1 unspecified atom stereocenters. The lowest BCUT2D eigenvalue weighted by atomic mass is 10.0. The quantitative estimate of drug-likeness (QED) is 0.904. The van der Waals surface area contributed by atoms with E-state index in [0.717, 1.165) is 17.6 Å². The Bertz CT molecular complexity index is 570. The van der Waals surface area contributed by atoms with Crippen molar-refractivity contribution in [3.8, 4) is 0 Å². The highest BCUT2D eigenvalue weighted by Crippen LogP contribution is 2.20. The predicted octanol–water partition coefficient (Wildman–Crippen LogP) is 3.88. The van der Waals surface area contributed by atoms with E-state index < -0.39 is 11.6 Å². The summed E-state index contributed by atoms with van der Waals surface area (Å²) in [7, 11) is 0. The van der Waals surface area contributed by atoms with Gasteiger partial charge in [0.2, 0.25) is 0 Å². The number of aromatic nitrogens is 1. The Morgan fingerprint density at radius 1 is 1.21 bits per heavy atom. The van der Waals surface area contributed by atoms with Crippen LogP contribution >= 0.6 is 0 Å². The van der Waals surface area contributed by atoms with Crippen LogP contribution in [0.4, 0.5) is 14.6 Å². The van der Waals surface area contributed by atoms with E-state index in [1.807, 2.05) is 32.0 Å². The molecule has 0 spiro atoms. The fraction of sp³-hybridized carbons (Fsp3) is 0.267. The van der Waals surface area contributed by atoms with Crippen molar-refractivity contribution in [3.05, 3.63) is 59.3 Å². The Morgan fingerprint density at radius 3 is 2.68 bits per heavy atom. The van der Waals surface area contributed by atoms with Gasteiger partial charge in [0.25, 0.3) is 0 Å². The monoisotopic (exact) mass is 262 g/mol. The third-order valence-corrected chi connectivity index (χ3v) is 2.97. The molecule has 0 aliphatic heterocycles. The van der Waals surface area contributed by atoms with Crippen LogP contribution < -0.4 is 5.32 Å². The summed E-state index contributed by atoms with van der Waals surface area (Å²) in [6, 6.07) is 9.36. The topological polar surface area (TPSA) is 24.9 Å². The van der Waals surface area contributed by atoms with Gasteiger partial charge in [0.1, 0.15) is 17.5 Å². The number of anilines is 1. The number of halogens is 2. The van der Waals surface area contributed by atoms with Crippen LogP contribution in [0.25, 0.3) is 0 Å². The second kappa shape index (κ2) is 5.78. The molecule has 0 amide bonds. The van der Waals surface area contributed by atoms with Gasteiger partial charge in [-0.05, 0) is 30.7 Å². The summed E-state index contributed by atoms with van der Waals surface area (Å²) in [6.45, 7) is 4.34. The van der Waals surface area contributed by atoms with Crippen molar-refractivity contribution in [2.45, 2.75) is 19.8 Å². The molecular weight excluding hydrogens is 246 g/mol. The second-order valence-electron chi connectivity index (χ2n) is 4.61. The number of pyridine rings is 1. The maximum Gasteiger partial charge on any atom is 0.129 e. The minimum atomic E-state index is -0.554. The molecule has 0 saturated carbocycles. The summed E-state index contributed by atoms with van der Waals surface area (Å²) in [5, 5.41) is 3.15. The lowest BCUT2D eigenvalue weighted by molar-refractivity contribution is 0.562. The molecule has 0 aliphatic carbocycles. The average Bonchev–Trinajstić information content (AvgIpc) is 2.36. The summed E-state index contributed by atoms with van der Waals surface area (Å²) in [5.74, 6) is -0.370. The highest BCUT2D eigenvalue weighted by Gasteiger charge is 2.11. The molecule has 1 aromatic heterocycles. The van der Waals surface area contributed by atoms with Crippen LogP contribution in [-0.2, 0) is 0 Å². The molecule has 0 aliphatic rings. The van der Waals surface area contributed by atoms with Crippen molar-refractivity contribution in [3.63, 3.8) is 0 Å². The number of nitrogens with one attached hydrogen (secondary N) is 1. The lowest BCUT2D eigenvalue weighted by Gasteiger charge is -2.14. The van der Waals surface area contributed by atoms with Gasteiger partial charge in [-0.1, -0.05) is 19.1 Å². The van der Waals surface area contributed by atoms with E-state index in [2.05, 4.69) is 10.3 Å². The van der Waals surface area contributed by atoms with Crippen molar-refractivity contribution < 1.29 is 8.78 Å². The summed E-state index contributed by atoms with van der Waals surface area (Å²) >= 11 is 0. The minimum Gasteiger partial charge on any atom is -0.369 e. The molecule has 2 rings (SSSR count). The van der Waals surface area contributed by atoms with E-state index in [1.165, 1.54) is 12.1 Å². The zero-order valence-corrected chi connectivity index (χ0v) is 11.0. The average molecular weight is 262 g/mol. The van der Waals surface area contributed by atoms with Gasteiger partial charge in [-0.2, -0.15) is 0 Å². The number of hydrogen-bond donors (Lipinski definition) is 1. The molecule has 0 bridgehead atoms. The van der Waals surface area contributed by atoms with Crippen molar-refractivity contribution >= 4 is 5.82 Å². The number of hydrogen-bond acceptors (Lipinski definition) is 2. The van der Waals surface area contributed by atoms with Crippen LogP contribution in [0.2, 0.25) is 0 Å². The highest BCUT2D eigenvalue weighted by molar-refractivity contribution is 5.36. The van der Waals surface area contributed by atoms with E-state index in [1.54, 1.807) is 0 Å². The first-order valence-corrected chi connectivity index (χ1v) is 6.19. The molecule has 1 N–H and O–H groups in total. The van der Waals surface area contributed by atoms with Crippen molar-refractivity contribution in [2.24, 2.45) is 0 Å². The summed E-state index contributed by atoms with van der Waals surface area (Å²) in [4.78, 5) is 4.31. The SMILES string of the molecule is Cc1cccc(NCC(C)c2ccc(F)cc2F)n1. The normalized spacial score (nSPS) is 12.2. The Labute approximate surface area is 111 Å². The van der Waals surface area contributed by atoms with Crippen LogP contribution in [0.5, 0.6) is 0 Å². The molecular formula is C15H16F2N2. The molecule has 4 heteroatoms. The lowest BCUT2D eigenvalue weighted by Crippen LogP contribution is -2.12. The summed E-state index contributed by atoms with van der Waals surface area (Å²) in [6.07, 6.45) is 0. The molecule has 0 saturated heterocycles. The number of rotatable bonds is 4. The van der Waals surface area contributed by atoms with Gasteiger partial charge in [0, 0.05) is 24.2 Å². The van der Waals surface area contributed by atoms with Gasteiger partial charge in [-0.15, -0.1) is 0 Å². The first-order chi connectivity index (χ1) is 9.06. The first kappa shape index (κ1) is 13.5. The standard InChI is InChI=1S/C15H16F2N2/c1-10(13-7-6-12(16)8-14(13)17)9-18-15-5-3-4-11(2)19-15/h3-8,10H,9H2,1-2H3,(H,18,19). The molecule has 0 radical (unpaired) electrons. The van der Waals surface area contributed by atoms with Crippen molar-refractivity contribution in [1.82, 2.24) is 4.98 Å². The summed E-state index contributed by atoms with van der Waals surface area (Å²) < 4.78 is 26.4. The third kappa shape index (κ3) is 3.50. The van der Waals surface area contributed by atoms with Gasteiger partial charge < -0.3 is 5.32 Å². The molecule has 1 heterocycles. The van der Waals surface area contributed by atoms with E-state index in [4.69, 9.17) is 0 Å². The largest absolute Gasteiger partial charge is 0.369 e. The third-order valence-electron chi connectivity index (χ3n) is 2.97. The summed E-state index contributed by atoms with van der Waals surface area (Å²) in [5.41, 5.74) is 1.42. The van der Waals surface area contributed by atoms with E-state index in [0.29, 0.717) is 12.1 Å². The molecule has 2 nitrogen and oxygen atoms in total. The van der Waals surface area contributed by atoms with Gasteiger partial charge in [0.15, 0.2) is 0 Å². The smallest absolute Gasteiger partial charge is 0.129 e. The fourth-order valence-electron chi connectivity index (χ4n) is 1.91. The highest BCUT2D eigenvalue weighted by atomic mass is 19.1. The number of aryl methyl sites for hydroxylation is 1. The van der Waals surface area contributed by atoms with Crippen LogP contribution in [0.3, 0.4) is 0 Å². The van der Waals surface area contributed by atoms with Crippen LogP contribution in [0.15, 0.2) is 36.4 Å². The molecule has 0 fully saturated rings. The molecule has 19 heavy (non-hydrogen) atoms. The number of nitrogens with zero attached hydrogens (tertiary/aromatic N) is 1. The number of benzene rings is 1.